The van der Waals surface area contributed by atoms with E-state index in [0.29, 0.717) is 13.1 Å². The van der Waals surface area contributed by atoms with Crippen molar-refractivity contribution in [2.45, 2.75) is 25.2 Å². The van der Waals surface area contributed by atoms with Crippen molar-refractivity contribution in [1.29, 1.82) is 0 Å². The van der Waals surface area contributed by atoms with Crippen molar-refractivity contribution in [3.05, 3.63) is 22.9 Å². The van der Waals surface area contributed by atoms with Gasteiger partial charge in [-0.05, 0) is 41.0 Å². The van der Waals surface area contributed by atoms with Crippen LogP contribution in [0.25, 0.3) is 0 Å². The summed E-state index contributed by atoms with van der Waals surface area (Å²) < 4.78 is 26.8. The highest BCUT2D eigenvalue weighted by Crippen LogP contribution is 2.27. The molecule has 6 heteroatoms. The molecule has 1 aromatic heterocycles. The van der Waals surface area contributed by atoms with E-state index in [2.05, 4.69) is 31.1 Å². The zero-order valence-electron chi connectivity index (χ0n) is 10.7. The second-order valence-electron chi connectivity index (χ2n) is 4.85. The van der Waals surface area contributed by atoms with Crippen molar-refractivity contribution < 1.29 is 8.78 Å². The third-order valence-electron chi connectivity index (χ3n) is 3.30. The van der Waals surface area contributed by atoms with E-state index in [1.165, 1.54) is 0 Å². The van der Waals surface area contributed by atoms with Crippen molar-refractivity contribution in [2.24, 2.45) is 0 Å². The first-order chi connectivity index (χ1) is 9.05. The number of piperidine rings is 1. The van der Waals surface area contributed by atoms with Crippen LogP contribution in [0.5, 0.6) is 0 Å². The van der Waals surface area contributed by atoms with Gasteiger partial charge in [-0.15, -0.1) is 0 Å². The van der Waals surface area contributed by atoms with Crippen molar-refractivity contribution in [2.75, 3.05) is 31.5 Å². The normalized spacial score (nSPS) is 19.3. The summed E-state index contributed by atoms with van der Waals surface area (Å²) in [6, 6.07) is 3.84. The van der Waals surface area contributed by atoms with Gasteiger partial charge in [-0.3, -0.25) is 0 Å². The number of alkyl halides is 2. The van der Waals surface area contributed by atoms with E-state index in [1.54, 1.807) is 6.20 Å². The van der Waals surface area contributed by atoms with Crippen LogP contribution in [0, 0.1) is 0 Å². The van der Waals surface area contributed by atoms with Gasteiger partial charge in [0, 0.05) is 32.5 Å². The molecule has 1 fully saturated rings. The number of hydrogen-bond donors (Lipinski definition) is 1. The van der Waals surface area contributed by atoms with Crippen LogP contribution in [0.3, 0.4) is 0 Å². The average molecular weight is 334 g/mol. The quantitative estimate of drug-likeness (QED) is 0.661. The number of anilines is 1. The Labute approximate surface area is 120 Å². The summed E-state index contributed by atoms with van der Waals surface area (Å²) in [5.74, 6) is -2.45. The van der Waals surface area contributed by atoms with Crippen molar-refractivity contribution in [3.8, 4) is 0 Å². The third kappa shape index (κ3) is 5.03. The highest BCUT2D eigenvalue weighted by Gasteiger charge is 2.33. The maximum Gasteiger partial charge on any atom is 0.250 e. The van der Waals surface area contributed by atoms with Crippen molar-refractivity contribution in [1.82, 2.24) is 9.88 Å². The second-order valence-corrected chi connectivity index (χ2v) is 5.66. The van der Waals surface area contributed by atoms with Gasteiger partial charge >= 0.3 is 0 Å². The Morgan fingerprint density at radius 2 is 2.05 bits per heavy atom. The van der Waals surface area contributed by atoms with Gasteiger partial charge in [-0.2, -0.15) is 0 Å². The Kier molecular flexibility index (Phi) is 5.10. The number of rotatable bonds is 5. The molecular formula is C13H18BrF2N3. The summed E-state index contributed by atoms with van der Waals surface area (Å²) in [5.41, 5.74) is 0.980. The second kappa shape index (κ2) is 6.61. The SMILES string of the molecule is FC1(F)CCN(CCCNc2ccc(Br)nc2)CC1. The molecule has 0 aliphatic carbocycles. The number of pyridine rings is 1. The fraction of sp³-hybridized carbons (Fsp3) is 0.615. The number of aromatic nitrogens is 1. The predicted octanol–water partition coefficient (Wildman–Crippen LogP) is 3.38. The Morgan fingerprint density at radius 3 is 2.68 bits per heavy atom. The van der Waals surface area contributed by atoms with Crippen LogP contribution in [-0.2, 0) is 0 Å². The molecule has 2 heterocycles. The molecular weight excluding hydrogens is 316 g/mol. The molecule has 0 atom stereocenters. The van der Waals surface area contributed by atoms with Gasteiger partial charge in [-0.25, -0.2) is 13.8 Å². The zero-order chi connectivity index (χ0) is 13.7. The van der Waals surface area contributed by atoms with Gasteiger partial charge < -0.3 is 10.2 Å². The molecule has 1 aliphatic heterocycles. The summed E-state index contributed by atoms with van der Waals surface area (Å²) in [6.45, 7) is 2.71. The van der Waals surface area contributed by atoms with E-state index in [0.717, 1.165) is 29.8 Å². The molecule has 1 N–H and O–H groups in total. The molecule has 3 nitrogen and oxygen atoms in total. The predicted molar refractivity (Wildman–Crippen MR) is 75.7 cm³/mol. The molecule has 1 aromatic rings. The number of nitrogens with one attached hydrogen (secondary N) is 1. The van der Waals surface area contributed by atoms with Crippen LogP contribution in [0.2, 0.25) is 0 Å². The maximum absolute atomic E-state index is 13.0. The lowest BCUT2D eigenvalue weighted by Crippen LogP contribution is -2.40. The lowest BCUT2D eigenvalue weighted by molar-refractivity contribution is -0.0550. The highest BCUT2D eigenvalue weighted by molar-refractivity contribution is 9.10. The minimum absolute atomic E-state index is 0.00292. The van der Waals surface area contributed by atoms with Crippen LogP contribution >= 0.6 is 15.9 Å². The maximum atomic E-state index is 13.0. The Morgan fingerprint density at radius 1 is 1.32 bits per heavy atom. The average Bonchev–Trinajstić information content (AvgIpc) is 2.38. The van der Waals surface area contributed by atoms with E-state index in [9.17, 15) is 8.78 Å². The molecule has 1 saturated heterocycles. The highest BCUT2D eigenvalue weighted by atomic mass is 79.9. The summed E-state index contributed by atoms with van der Waals surface area (Å²) >= 11 is 3.28. The Hall–Kier alpha value is -0.750. The summed E-state index contributed by atoms with van der Waals surface area (Å²) in [4.78, 5) is 6.23. The third-order valence-corrected chi connectivity index (χ3v) is 3.76. The first-order valence-electron chi connectivity index (χ1n) is 6.51. The van der Waals surface area contributed by atoms with E-state index in [4.69, 9.17) is 0 Å². The summed E-state index contributed by atoms with van der Waals surface area (Å²) in [5, 5.41) is 3.27. The van der Waals surface area contributed by atoms with Gasteiger partial charge in [0.25, 0.3) is 5.92 Å². The van der Waals surface area contributed by atoms with E-state index < -0.39 is 5.92 Å². The van der Waals surface area contributed by atoms with Crippen molar-refractivity contribution in [3.63, 3.8) is 0 Å². The molecule has 0 radical (unpaired) electrons. The number of likely N-dealkylation sites (tertiary alicyclic amines) is 1. The van der Waals surface area contributed by atoms with Crippen LogP contribution in [0.4, 0.5) is 14.5 Å². The molecule has 106 valence electrons. The molecule has 0 unspecified atom stereocenters. The van der Waals surface area contributed by atoms with Gasteiger partial charge in [0.1, 0.15) is 4.60 Å². The monoisotopic (exact) mass is 333 g/mol. The number of nitrogens with zero attached hydrogens (tertiary/aromatic N) is 2. The minimum Gasteiger partial charge on any atom is -0.384 e. The number of hydrogen-bond acceptors (Lipinski definition) is 3. The first-order valence-corrected chi connectivity index (χ1v) is 7.30. The first kappa shape index (κ1) is 14.7. The fourth-order valence-corrected chi connectivity index (χ4v) is 2.35. The Balaban J connectivity index is 1.61. The lowest BCUT2D eigenvalue weighted by atomic mass is 10.1. The molecule has 19 heavy (non-hydrogen) atoms. The molecule has 2 rings (SSSR count). The van der Waals surface area contributed by atoms with E-state index in [-0.39, 0.29) is 12.8 Å². The van der Waals surface area contributed by atoms with Crippen molar-refractivity contribution >= 4 is 21.6 Å². The molecule has 1 aliphatic rings. The lowest BCUT2D eigenvalue weighted by Gasteiger charge is -2.31. The van der Waals surface area contributed by atoms with Gasteiger partial charge in [-0.1, -0.05) is 0 Å². The van der Waals surface area contributed by atoms with E-state index in [1.807, 2.05) is 12.1 Å². The molecule has 0 aromatic carbocycles. The topological polar surface area (TPSA) is 28.2 Å². The largest absolute Gasteiger partial charge is 0.384 e. The molecule has 0 spiro atoms. The Bertz CT molecular complexity index is 387. The van der Waals surface area contributed by atoms with Crippen LogP contribution in [-0.4, -0.2) is 42.0 Å². The summed E-state index contributed by atoms with van der Waals surface area (Å²) in [7, 11) is 0. The standard InChI is InChI=1S/C13H18BrF2N3/c14-12-3-2-11(10-18-12)17-6-1-7-19-8-4-13(15,16)5-9-19/h2-3,10,17H,1,4-9H2. The zero-order valence-corrected chi connectivity index (χ0v) is 12.3. The minimum atomic E-state index is -2.45. The van der Waals surface area contributed by atoms with Gasteiger partial charge in [0.15, 0.2) is 0 Å². The van der Waals surface area contributed by atoms with Crippen LogP contribution < -0.4 is 5.32 Å². The van der Waals surface area contributed by atoms with Crippen LogP contribution in [0.1, 0.15) is 19.3 Å². The molecule has 0 bridgehead atoms. The fourth-order valence-electron chi connectivity index (χ4n) is 2.12. The van der Waals surface area contributed by atoms with E-state index >= 15 is 0 Å². The summed E-state index contributed by atoms with van der Waals surface area (Å²) in [6.07, 6.45) is 2.71. The molecule has 0 saturated carbocycles. The number of halogens is 3. The smallest absolute Gasteiger partial charge is 0.250 e. The molecule has 0 amide bonds. The van der Waals surface area contributed by atoms with Gasteiger partial charge in [0.05, 0.1) is 11.9 Å². The van der Waals surface area contributed by atoms with Gasteiger partial charge in [0.2, 0.25) is 0 Å². The van der Waals surface area contributed by atoms with Crippen LogP contribution in [0.15, 0.2) is 22.9 Å².